The molecule has 1 aromatic rings. The van der Waals surface area contributed by atoms with E-state index in [1.807, 2.05) is 6.92 Å². The summed E-state index contributed by atoms with van der Waals surface area (Å²) in [7, 11) is 0. The normalized spacial score (nSPS) is 23.4. The van der Waals surface area contributed by atoms with Crippen LogP contribution in [0.5, 0.6) is 0 Å². The average molecular weight is 351 g/mol. The first-order chi connectivity index (χ1) is 12.0. The van der Waals surface area contributed by atoms with Crippen molar-refractivity contribution in [3.63, 3.8) is 0 Å². The molecule has 3 rings (SSSR count). The van der Waals surface area contributed by atoms with E-state index in [1.165, 1.54) is 12.1 Å². The largest absolute Gasteiger partial charge is 0.338 e. The number of hydrogen-bond acceptors (Lipinski definition) is 2. The van der Waals surface area contributed by atoms with Gasteiger partial charge in [0.2, 0.25) is 5.91 Å². The first-order valence-corrected chi connectivity index (χ1v) is 8.72. The van der Waals surface area contributed by atoms with Crippen molar-refractivity contribution in [3.05, 3.63) is 35.4 Å². The van der Waals surface area contributed by atoms with Crippen molar-refractivity contribution < 1.29 is 18.4 Å². The zero-order valence-corrected chi connectivity index (χ0v) is 14.4. The van der Waals surface area contributed by atoms with E-state index in [0.717, 1.165) is 18.9 Å². The number of likely N-dealkylation sites (tertiary alicyclic amines) is 2. The van der Waals surface area contributed by atoms with Crippen LogP contribution in [0.15, 0.2) is 18.2 Å². The fourth-order valence-electron chi connectivity index (χ4n) is 3.87. The molecule has 1 N–H and O–H groups in total. The molecule has 2 saturated heterocycles. The zero-order chi connectivity index (χ0) is 18.0. The highest BCUT2D eigenvalue weighted by Gasteiger charge is 2.49. The molecule has 5 nitrogen and oxygen atoms in total. The van der Waals surface area contributed by atoms with E-state index in [2.05, 4.69) is 5.32 Å². The third-order valence-electron chi connectivity index (χ3n) is 5.19. The number of urea groups is 1. The van der Waals surface area contributed by atoms with E-state index >= 15 is 0 Å². The van der Waals surface area contributed by atoms with Crippen LogP contribution in [0.3, 0.4) is 0 Å². The Labute approximate surface area is 146 Å². The minimum atomic E-state index is -0.903. The summed E-state index contributed by atoms with van der Waals surface area (Å²) in [6, 6.07) is 3.87. The second-order valence-electron chi connectivity index (χ2n) is 6.83. The lowest BCUT2D eigenvalue weighted by Crippen LogP contribution is -2.50. The second-order valence-corrected chi connectivity index (χ2v) is 6.83. The molecule has 2 aliphatic rings. The van der Waals surface area contributed by atoms with E-state index < -0.39 is 17.0 Å². The molecular weight excluding hydrogens is 328 g/mol. The summed E-state index contributed by atoms with van der Waals surface area (Å²) in [4.78, 5) is 28.3. The summed E-state index contributed by atoms with van der Waals surface area (Å²) in [5.74, 6) is -1.86. The summed E-state index contributed by atoms with van der Waals surface area (Å²) < 4.78 is 27.3. The van der Waals surface area contributed by atoms with Crippen LogP contribution in [-0.4, -0.2) is 47.9 Å². The first kappa shape index (κ1) is 17.6. The van der Waals surface area contributed by atoms with Gasteiger partial charge in [0.05, 0.1) is 5.41 Å². The van der Waals surface area contributed by atoms with Crippen LogP contribution in [0, 0.1) is 17.0 Å². The van der Waals surface area contributed by atoms with Crippen molar-refractivity contribution in [2.75, 3.05) is 26.2 Å². The maximum absolute atomic E-state index is 13.9. The van der Waals surface area contributed by atoms with Crippen molar-refractivity contribution in [1.82, 2.24) is 15.1 Å². The van der Waals surface area contributed by atoms with Crippen LogP contribution in [0.2, 0.25) is 0 Å². The molecule has 25 heavy (non-hydrogen) atoms. The van der Waals surface area contributed by atoms with Crippen LogP contribution in [-0.2, 0) is 11.3 Å². The molecule has 1 spiro atoms. The Bertz CT molecular complexity index is 682. The molecule has 0 unspecified atom stereocenters. The topological polar surface area (TPSA) is 52.7 Å². The summed E-state index contributed by atoms with van der Waals surface area (Å²) in [6.45, 7) is 3.91. The SMILES string of the molecule is CCNC(=O)N1CC[C@]2(CCCN(Cc3cccc(F)c3F)C2=O)C1. The molecule has 0 aliphatic carbocycles. The summed E-state index contributed by atoms with van der Waals surface area (Å²) in [5, 5.41) is 2.76. The van der Waals surface area contributed by atoms with Gasteiger partial charge in [0.25, 0.3) is 0 Å². The molecule has 0 radical (unpaired) electrons. The number of carbonyl (C=O) groups is 2. The smallest absolute Gasteiger partial charge is 0.317 e. The third kappa shape index (κ3) is 3.32. The van der Waals surface area contributed by atoms with Gasteiger partial charge in [0.1, 0.15) is 0 Å². The number of rotatable bonds is 3. The molecule has 0 saturated carbocycles. The lowest BCUT2D eigenvalue weighted by molar-refractivity contribution is -0.146. The van der Waals surface area contributed by atoms with E-state index in [-0.39, 0.29) is 24.0 Å². The number of benzene rings is 1. The van der Waals surface area contributed by atoms with Gasteiger partial charge in [-0.3, -0.25) is 4.79 Å². The van der Waals surface area contributed by atoms with Crippen LogP contribution in [0.4, 0.5) is 13.6 Å². The molecule has 2 fully saturated rings. The number of nitrogens with one attached hydrogen (secondary N) is 1. The van der Waals surface area contributed by atoms with E-state index in [4.69, 9.17) is 0 Å². The van der Waals surface area contributed by atoms with Crippen LogP contribution in [0.25, 0.3) is 0 Å². The molecule has 0 bridgehead atoms. The first-order valence-electron chi connectivity index (χ1n) is 8.72. The molecule has 136 valence electrons. The van der Waals surface area contributed by atoms with Crippen molar-refractivity contribution in [3.8, 4) is 0 Å². The number of carbonyl (C=O) groups excluding carboxylic acids is 2. The lowest BCUT2D eigenvalue weighted by atomic mass is 9.78. The van der Waals surface area contributed by atoms with Gasteiger partial charge in [-0.05, 0) is 32.3 Å². The molecule has 1 aromatic carbocycles. The van der Waals surface area contributed by atoms with Gasteiger partial charge in [-0.1, -0.05) is 12.1 Å². The zero-order valence-electron chi connectivity index (χ0n) is 14.4. The van der Waals surface area contributed by atoms with Crippen LogP contribution < -0.4 is 5.32 Å². The Morgan fingerprint density at radius 2 is 2.08 bits per heavy atom. The number of nitrogens with zero attached hydrogens (tertiary/aromatic N) is 2. The summed E-state index contributed by atoms with van der Waals surface area (Å²) in [6.07, 6.45) is 2.14. The Morgan fingerprint density at radius 1 is 1.28 bits per heavy atom. The Balaban J connectivity index is 1.73. The molecule has 2 heterocycles. The maximum Gasteiger partial charge on any atom is 0.317 e. The molecule has 7 heteroatoms. The van der Waals surface area contributed by atoms with Crippen LogP contribution in [0.1, 0.15) is 31.7 Å². The van der Waals surface area contributed by atoms with Gasteiger partial charge in [0, 0.05) is 38.3 Å². The molecule has 1 atom stereocenters. The van der Waals surface area contributed by atoms with Crippen molar-refractivity contribution in [1.29, 1.82) is 0 Å². The summed E-state index contributed by atoms with van der Waals surface area (Å²) >= 11 is 0. The molecule has 0 aromatic heterocycles. The minimum absolute atomic E-state index is 0.0608. The van der Waals surface area contributed by atoms with Gasteiger partial charge < -0.3 is 15.1 Å². The highest BCUT2D eigenvalue weighted by Crippen LogP contribution is 2.40. The van der Waals surface area contributed by atoms with Crippen molar-refractivity contribution >= 4 is 11.9 Å². The fourth-order valence-corrected chi connectivity index (χ4v) is 3.87. The average Bonchev–Trinajstić information content (AvgIpc) is 3.02. The number of halogens is 2. The van der Waals surface area contributed by atoms with Gasteiger partial charge in [-0.2, -0.15) is 0 Å². The van der Waals surface area contributed by atoms with Crippen molar-refractivity contribution in [2.24, 2.45) is 5.41 Å². The maximum atomic E-state index is 13.9. The number of piperidine rings is 1. The molecule has 3 amide bonds. The van der Waals surface area contributed by atoms with E-state index in [9.17, 15) is 18.4 Å². The highest BCUT2D eigenvalue weighted by molar-refractivity contribution is 5.85. The Hall–Kier alpha value is -2.18. The van der Waals surface area contributed by atoms with Crippen LogP contribution >= 0.6 is 0 Å². The van der Waals surface area contributed by atoms with E-state index in [1.54, 1.807) is 9.80 Å². The second kappa shape index (κ2) is 6.98. The lowest BCUT2D eigenvalue weighted by Gasteiger charge is -2.39. The Morgan fingerprint density at radius 3 is 2.84 bits per heavy atom. The molecule has 2 aliphatic heterocycles. The summed E-state index contributed by atoms with van der Waals surface area (Å²) in [5.41, 5.74) is -0.406. The fraction of sp³-hybridized carbons (Fsp3) is 0.556. The molecular formula is C18H23F2N3O2. The number of amides is 3. The van der Waals surface area contributed by atoms with Crippen molar-refractivity contribution in [2.45, 2.75) is 32.7 Å². The predicted octanol–water partition coefficient (Wildman–Crippen LogP) is 2.51. The third-order valence-corrected chi connectivity index (χ3v) is 5.19. The standard InChI is InChI=1S/C18H23F2N3O2/c1-2-21-17(25)23-10-8-18(12-23)7-4-9-22(16(18)24)11-13-5-3-6-14(19)15(13)20/h3,5-6H,2,4,7-12H2,1H3,(H,21,25)/t18-/m1/s1. The number of hydrogen-bond donors (Lipinski definition) is 1. The predicted molar refractivity (Wildman–Crippen MR) is 88.7 cm³/mol. The Kier molecular flexibility index (Phi) is 4.92. The van der Waals surface area contributed by atoms with Gasteiger partial charge in [-0.25, -0.2) is 13.6 Å². The van der Waals surface area contributed by atoms with Gasteiger partial charge in [0.15, 0.2) is 11.6 Å². The van der Waals surface area contributed by atoms with Gasteiger partial charge in [-0.15, -0.1) is 0 Å². The quantitative estimate of drug-likeness (QED) is 0.910. The minimum Gasteiger partial charge on any atom is -0.338 e. The highest BCUT2D eigenvalue weighted by atomic mass is 19.2. The van der Waals surface area contributed by atoms with Gasteiger partial charge >= 0.3 is 6.03 Å². The monoisotopic (exact) mass is 351 g/mol. The van der Waals surface area contributed by atoms with E-state index in [0.29, 0.717) is 32.6 Å².